The first kappa shape index (κ1) is 19.0. The number of hydrogen-bond acceptors (Lipinski definition) is 8. The Morgan fingerprint density at radius 3 is 2.67 bits per heavy atom. The van der Waals surface area contributed by atoms with Gasteiger partial charge in [0, 0.05) is 12.3 Å². The van der Waals surface area contributed by atoms with Crippen LogP contribution in [0.3, 0.4) is 0 Å². The van der Waals surface area contributed by atoms with Gasteiger partial charge in [-0.15, -0.1) is 0 Å². The molecule has 1 aliphatic rings. The predicted molar refractivity (Wildman–Crippen MR) is 79.2 cm³/mol. The Morgan fingerprint density at radius 1 is 1.46 bits per heavy atom. The number of phosphoric ester groups is 1. The highest BCUT2D eigenvalue weighted by molar-refractivity contribution is 7.47. The summed E-state index contributed by atoms with van der Waals surface area (Å²) in [5.41, 5.74) is -1.52. The molecule has 136 valence electrons. The number of aliphatic hydroxyl groups excluding tert-OH is 2. The maximum absolute atomic E-state index is 12.0. The van der Waals surface area contributed by atoms with Crippen molar-refractivity contribution in [3.63, 3.8) is 0 Å². The van der Waals surface area contributed by atoms with E-state index in [9.17, 15) is 29.3 Å². The Kier molecular flexibility index (Phi) is 5.76. The molecule has 0 aromatic carbocycles. The summed E-state index contributed by atoms with van der Waals surface area (Å²) in [6.07, 6.45) is -5.05. The lowest BCUT2D eigenvalue weighted by molar-refractivity contribution is -0.0558. The number of nitrogens with zero attached hydrogens (tertiary/aromatic N) is 1. The molecule has 11 nitrogen and oxygen atoms in total. The molecule has 1 aromatic rings. The summed E-state index contributed by atoms with van der Waals surface area (Å²) >= 11 is 0. The third-order valence-corrected chi connectivity index (χ3v) is 4.41. The van der Waals surface area contributed by atoms with E-state index < -0.39 is 56.3 Å². The minimum absolute atomic E-state index is 0.615. The van der Waals surface area contributed by atoms with Crippen molar-refractivity contribution in [2.75, 3.05) is 6.61 Å². The minimum atomic E-state index is -4.56. The molecule has 1 saturated heterocycles. The van der Waals surface area contributed by atoms with Gasteiger partial charge in [0.2, 0.25) is 0 Å². The lowest BCUT2D eigenvalue weighted by atomic mass is 10.1. The van der Waals surface area contributed by atoms with Crippen LogP contribution in [0.4, 0.5) is 0 Å². The van der Waals surface area contributed by atoms with Crippen LogP contribution < -0.4 is 11.2 Å². The maximum atomic E-state index is 12.0. The van der Waals surface area contributed by atoms with Gasteiger partial charge >= 0.3 is 13.5 Å². The third kappa shape index (κ3) is 4.19. The summed E-state index contributed by atoms with van der Waals surface area (Å²) < 4.78 is 27.9. The molecule has 5 atom stereocenters. The summed E-state index contributed by atoms with van der Waals surface area (Å²) in [7, 11) is -4.56. The molecule has 0 spiro atoms. The lowest BCUT2D eigenvalue weighted by Crippen LogP contribution is -2.39. The van der Waals surface area contributed by atoms with E-state index in [4.69, 9.17) is 13.8 Å². The van der Waals surface area contributed by atoms with E-state index in [-0.39, 0.29) is 0 Å². The van der Waals surface area contributed by atoms with E-state index in [1.807, 2.05) is 4.98 Å². The molecule has 4 N–H and O–H groups in total. The van der Waals surface area contributed by atoms with Crippen LogP contribution in [0.5, 0.6) is 0 Å². The maximum Gasteiger partial charge on any atom is 0.472 e. The van der Waals surface area contributed by atoms with Crippen molar-refractivity contribution in [2.24, 2.45) is 0 Å². The van der Waals surface area contributed by atoms with Crippen molar-refractivity contribution in [3.8, 4) is 0 Å². The molecule has 0 amide bonds. The Morgan fingerprint density at radius 2 is 2.12 bits per heavy atom. The zero-order valence-corrected chi connectivity index (χ0v) is 13.8. The van der Waals surface area contributed by atoms with Crippen LogP contribution in [0, 0.1) is 0 Å². The zero-order valence-electron chi connectivity index (χ0n) is 12.9. The number of ether oxygens (including phenoxy) is 1. The van der Waals surface area contributed by atoms with Gasteiger partial charge in [-0.25, -0.2) is 9.36 Å². The number of phosphoric acid groups is 1. The van der Waals surface area contributed by atoms with Crippen LogP contribution in [0.15, 0.2) is 21.9 Å². The highest BCUT2D eigenvalue weighted by Gasteiger charge is 2.49. The van der Waals surface area contributed by atoms with E-state index in [0.29, 0.717) is 0 Å². The molecule has 1 fully saturated rings. The molecule has 0 saturated carbocycles. The van der Waals surface area contributed by atoms with E-state index in [2.05, 4.69) is 0 Å². The van der Waals surface area contributed by atoms with Crippen LogP contribution >= 0.6 is 7.82 Å². The Hall–Kier alpha value is -1.33. The van der Waals surface area contributed by atoms with Gasteiger partial charge in [-0.05, 0) is 13.8 Å². The number of aromatic nitrogens is 2. The van der Waals surface area contributed by atoms with Crippen LogP contribution in [0.25, 0.3) is 0 Å². The second kappa shape index (κ2) is 7.28. The van der Waals surface area contributed by atoms with Crippen molar-refractivity contribution >= 4 is 7.82 Å². The van der Waals surface area contributed by atoms with Gasteiger partial charge in [-0.3, -0.25) is 23.4 Å². The lowest BCUT2D eigenvalue weighted by Gasteiger charge is -2.24. The second-order valence-electron chi connectivity index (χ2n) is 5.45. The highest BCUT2D eigenvalue weighted by Crippen LogP contribution is 2.49. The summed E-state index contributed by atoms with van der Waals surface area (Å²) in [5.74, 6) is 0. The molecule has 2 heterocycles. The molecule has 1 unspecified atom stereocenters. The van der Waals surface area contributed by atoms with Crippen molar-refractivity contribution in [2.45, 2.75) is 44.5 Å². The van der Waals surface area contributed by atoms with E-state index in [1.54, 1.807) is 0 Å². The monoisotopic (exact) mass is 366 g/mol. The molecule has 0 bridgehead atoms. The number of nitrogens with one attached hydrogen (secondary N) is 1. The number of aromatic amines is 1. The normalized spacial score (nSPS) is 29.8. The zero-order chi connectivity index (χ0) is 18.1. The first-order valence-electron chi connectivity index (χ1n) is 7.10. The van der Waals surface area contributed by atoms with Gasteiger partial charge in [0.1, 0.15) is 18.3 Å². The minimum Gasteiger partial charge on any atom is -0.394 e. The van der Waals surface area contributed by atoms with Crippen molar-refractivity contribution in [3.05, 3.63) is 33.1 Å². The van der Waals surface area contributed by atoms with Crippen LogP contribution in [-0.4, -0.2) is 55.7 Å². The molecular formula is C12H19N2O9P. The molecule has 0 radical (unpaired) electrons. The number of rotatable bonds is 6. The molecule has 2 rings (SSSR count). The molecule has 12 heteroatoms. The third-order valence-electron chi connectivity index (χ3n) is 3.22. The SMILES string of the molecule is CC(C)OP(=O)(O)O[C@@H]1[C@H](O)[C@@H](CO)O[C@H]1n1ccc(=O)[nH]c1=O. The first-order chi connectivity index (χ1) is 11.1. The fourth-order valence-corrected chi connectivity index (χ4v) is 3.40. The van der Waals surface area contributed by atoms with E-state index >= 15 is 0 Å². The number of hydrogen-bond donors (Lipinski definition) is 4. The van der Waals surface area contributed by atoms with Gasteiger partial charge in [0.05, 0.1) is 12.7 Å². The summed E-state index contributed by atoms with van der Waals surface area (Å²) in [5, 5.41) is 19.4. The molecule has 1 aliphatic heterocycles. The van der Waals surface area contributed by atoms with Gasteiger partial charge in [0.15, 0.2) is 6.23 Å². The standard InChI is InChI=1S/C12H19N2O9P/c1-6(2)22-24(19,20)23-10-9(17)7(5-15)21-11(10)14-4-3-8(16)13-12(14)18/h3-4,6-7,9-11,15,17H,5H2,1-2H3,(H,19,20)(H,13,16,18)/t7-,9-,10-,11-/m1/s1. The second-order valence-corrected chi connectivity index (χ2v) is 6.81. The summed E-state index contributed by atoms with van der Waals surface area (Å²) in [6, 6.07) is 1.03. The number of H-pyrrole nitrogens is 1. The van der Waals surface area contributed by atoms with E-state index in [0.717, 1.165) is 16.8 Å². The highest BCUT2D eigenvalue weighted by atomic mass is 31.2. The van der Waals surface area contributed by atoms with Crippen LogP contribution in [-0.2, 0) is 18.3 Å². The summed E-state index contributed by atoms with van der Waals surface area (Å²) in [4.78, 5) is 34.7. The average molecular weight is 366 g/mol. The van der Waals surface area contributed by atoms with E-state index in [1.165, 1.54) is 13.8 Å². The average Bonchev–Trinajstić information content (AvgIpc) is 2.74. The van der Waals surface area contributed by atoms with Gasteiger partial charge in [-0.1, -0.05) is 0 Å². The summed E-state index contributed by atoms with van der Waals surface area (Å²) in [6.45, 7) is 2.40. The van der Waals surface area contributed by atoms with Crippen molar-refractivity contribution in [1.29, 1.82) is 0 Å². The first-order valence-corrected chi connectivity index (χ1v) is 8.59. The van der Waals surface area contributed by atoms with Gasteiger partial charge in [-0.2, -0.15) is 0 Å². The predicted octanol–water partition coefficient (Wildman–Crippen LogP) is -1.30. The van der Waals surface area contributed by atoms with Crippen molar-refractivity contribution in [1.82, 2.24) is 9.55 Å². The fraction of sp³-hybridized carbons (Fsp3) is 0.667. The molecular weight excluding hydrogens is 347 g/mol. The smallest absolute Gasteiger partial charge is 0.394 e. The topological polar surface area (TPSA) is 160 Å². The number of aliphatic hydroxyl groups is 2. The van der Waals surface area contributed by atoms with Crippen LogP contribution in [0.1, 0.15) is 20.1 Å². The Labute approximate surface area is 136 Å². The largest absolute Gasteiger partial charge is 0.472 e. The van der Waals surface area contributed by atoms with Gasteiger partial charge in [0.25, 0.3) is 5.56 Å². The Bertz CT molecular complexity index is 730. The molecule has 24 heavy (non-hydrogen) atoms. The fourth-order valence-electron chi connectivity index (χ4n) is 2.28. The quantitative estimate of drug-likeness (QED) is 0.448. The molecule has 1 aromatic heterocycles. The Balaban J connectivity index is 2.35. The van der Waals surface area contributed by atoms with Gasteiger partial charge < -0.3 is 19.8 Å². The van der Waals surface area contributed by atoms with Crippen molar-refractivity contribution < 1.29 is 33.5 Å². The molecule has 0 aliphatic carbocycles. The van der Waals surface area contributed by atoms with Crippen LogP contribution in [0.2, 0.25) is 0 Å².